The fraction of sp³-hybridized carbons (Fsp3) is 0.538. The predicted molar refractivity (Wildman–Crippen MR) is 75.8 cm³/mol. The number of nitrogens with two attached hydrogens (primary N) is 1. The molecule has 2 unspecified atom stereocenters. The van der Waals surface area contributed by atoms with Gasteiger partial charge in [-0.15, -0.1) is 0 Å². The lowest BCUT2D eigenvalue weighted by molar-refractivity contribution is -0.0516. The van der Waals surface area contributed by atoms with Gasteiger partial charge in [-0.1, -0.05) is 0 Å². The summed E-state index contributed by atoms with van der Waals surface area (Å²) in [4.78, 5) is 0.247. The second-order valence-electron chi connectivity index (χ2n) is 5.09. The van der Waals surface area contributed by atoms with Gasteiger partial charge in [-0.25, -0.2) is 8.42 Å². The van der Waals surface area contributed by atoms with Crippen molar-refractivity contribution in [1.82, 2.24) is 4.31 Å². The van der Waals surface area contributed by atoms with Crippen LogP contribution >= 0.6 is 0 Å². The largest absolute Gasteiger partial charge is 0.399 e. The Morgan fingerprint density at radius 1 is 1.50 bits per heavy atom. The molecule has 0 aromatic heterocycles. The third kappa shape index (κ3) is 2.80. The van der Waals surface area contributed by atoms with Gasteiger partial charge in [0.05, 0.1) is 24.2 Å². The number of benzene rings is 1. The van der Waals surface area contributed by atoms with Gasteiger partial charge in [0.15, 0.2) is 0 Å². The fourth-order valence-electron chi connectivity index (χ4n) is 2.33. The van der Waals surface area contributed by atoms with Gasteiger partial charge in [0, 0.05) is 18.3 Å². The predicted octanol–water partition coefficient (Wildman–Crippen LogP) is 0.348. The molecule has 0 spiro atoms. The van der Waals surface area contributed by atoms with Gasteiger partial charge in [-0.05, 0) is 37.6 Å². The van der Waals surface area contributed by atoms with Crippen LogP contribution in [0.4, 0.5) is 5.69 Å². The molecule has 1 saturated heterocycles. The number of nitrogens with zero attached hydrogens (tertiary/aromatic N) is 1. The Labute approximate surface area is 119 Å². The van der Waals surface area contributed by atoms with Gasteiger partial charge < -0.3 is 15.6 Å². The van der Waals surface area contributed by atoms with Crippen molar-refractivity contribution in [2.45, 2.75) is 30.9 Å². The summed E-state index contributed by atoms with van der Waals surface area (Å²) >= 11 is 0. The maximum atomic E-state index is 12.7. The van der Waals surface area contributed by atoms with E-state index in [0.29, 0.717) is 11.3 Å². The molecular weight excluding hydrogens is 280 g/mol. The summed E-state index contributed by atoms with van der Waals surface area (Å²) in [5.41, 5.74) is 6.81. The highest BCUT2D eigenvalue weighted by Gasteiger charge is 2.35. The Bertz CT molecular complexity index is 588. The molecule has 1 fully saturated rings. The lowest BCUT2D eigenvalue weighted by Crippen LogP contribution is -2.51. The molecule has 0 radical (unpaired) electrons. The number of aliphatic hydroxyl groups excluding tert-OH is 1. The molecule has 1 aliphatic heterocycles. The molecule has 1 aromatic carbocycles. The SMILES string of the molecule is Cc1cc(N)ccc1S(=O)(=O)N1CC(CO)OCC1C. The highest BCUT2D eigenvalue weighted by Crippen LogP contribution is 2.26. The molecule has 20 heavy (non-hydrogen) atoms. The third-order valence-electron chi connectivity index (χ3n) is 3.44. The summed E-state index contributed by atoms with van der Waals surface area (Å²) in [7, 11) is -3.62. The van der Waals surface area contributed by atoms with Crippen molar-refractivity contribution in [2.75, 3.05) is 25.5 Å². The van der Waals surface area contributed by atoms with E-state index in [1.54, 1.807) is 26.0 Å². The van der Waals surface area contributed by atoms with Crippen LogP contribution in [0.1, 0.15) is 12.5 Å². The molecule has 0 aliphatic carbocycles. The minimum absolute atomic E-state index is 0.157. The number of rotatable bonds is 3. The zero-order valence-corrected chi connectivity index (χ0v) is 12.4. The van der Waals surface area contributed by atoms with Gasteiger partial charge in [0.25, 0.3) is 0 Å². The normalized spacial score (nSPS) is 24.8. The standard InChI is InChI=1S/C13H20N2O4S/c1-9-5-11(14)3-4-13(9)20(17,18)15-6-12(7-16)19-8-10(15)2/h3-5,10,12,16H,6-8,14H2,1-2H3. The first-order valence-electron chi connectivity index (χ1n) is 6.46. The summed E-state index contributed by atoms with van der Waals surface area (Å²) < 4.78 is 32.2. The molecule has 0 amide bonds. The average Bonchev–Trinajstić information content (AvgIpc) is 2.38. The molecule has 2 rings (SSSR count). The maximum absolute atomic E-state index is 12.7. The van der Waals surface area contributed by atoms with Crippen molar-refractivity contribution in [3.8, 4) is 0 Å². The van der Waals surface area contributed by atoms with Crippen LogP contribution in [-0.4, -0.2) is 49.7 Å². The summed E-state index contributed by atoms with van der Waals surface area (Å²) in [6.45, 7) is 3.75. The number of ether oxygens (including phenoxy) is 1. The van der Waals surface area contributed by atoms with Crippen molar-refractivity contribution in [3.05, 3.63) is 23.8 Å². The van der Waals surface area contributed by atoms with Crippen LogP contribution in [0.15, 0.2) is 23.1 Å². The monoisotopic (exact) mass is 300 g/mol. The van der Waals surface area contributed by atoms with E-state index in [9.17, 15) is 8.42 Å². The number of hydrogen-bond donors (Lipinski definition) is 2. The number of anilines is 1. The van der Waals surface area contributed by atoms with Gasteiger partial charge in [-0.2, -0.15) is 4.31 Å². The van der Waals surface area contributed by atoms with Crippen LogP contribution in [0, 0.1) is 6.92 Å². The Hall–Kier alpha value is -1.15. The molecule has 1 aliphatic rings. The Morgan fingerprint density at radius 3 is 2.80 bits per heavy atom. The summed E-state index contributed by atoms with van der Waals surface area (Å²) in [6.07, 6.45) is -0.477. The molecule has 2 atom stereocenters. The second-order valence-corrected chi connectivity index (χ2v) is 6.95. The van der Waals surface area contributed by atoms with Crippen molar-refractivity contribution in [3.63, 3.8) is 0 Å². The highest BCUT2D eigenvalue weighted by molar-refractivity contribution is 7.89. The highest BCUT2D eigenvalue weighted by atomic mass is 32.2. The van der Waals surface area contributed by atoms with Gasteiger partial charge in [0.1, 0.15) is 0 Å². The minimum atomic E-state index is -3.62. The van der Waals surface area contributed by atoms with Crippen LogP contribution in [0.2, 0.25) is 0 Å². The summed E-state index contributed by atoms with van der Waals surface area (Å²) in [6, 6.07) is 4.48. The molecule has 1 heterocycles. The first kappa shape index (κ1) is 15.2. The van der Waals surface area contributed by atoms with Gasteiger partial charge in [0.2, 0.25) is 10.0 Å². The molecule has 0 bridgehead atoms. The fourth-order valence-corrected chi connectivity index (χ4v) is 4.18. The quantitative estimate of drug-likeness (QED) is 0.786. The number of sulfonamides is 1. The van der Waals surface area contributed by atoms with E-state index in [-0.39, 0.29) is 30.7 Å². The molecule has 7 heteroatoms. The van der Waals surface area contributed by atoms with Crippen LogP contribution in [-0.2, 0) is 14.8 Å². The van der Waals surface area contributed by atoms with Crippen molar-refractivity contribution in [1.29, 1.82) is 0 Å². The Kier molecular flexibility index (Phi) is 4.33. The van der Waals surface area contributed by atoms with E-state index >= 15 is 0 Å². The smallest absolute Gasteiger partial charge is 0.243 e. The van der Waals surface area contributed by atoms with Crippen molar-refractivity contribution >= 4 is 15.7 Å². The molecular formula is C13H20N2O4S. The lowest BCUT2D eigenvalue weighted by atomic mass is 10.2. The van der Waals surface area contributed by atoms with E-state index in [0.717, 1.165) is 0 Å². The van der Waals surface area contributed by atoms with Crippen LogP contribution in [0.25, 0.3) is 0 Å². The number of aryl methyl sites for hydroxylation is 1. The Balaban J connectivity index is 2.38. The zero-order chi connectivity index (χ0) is 14.9. The third-order valence-corrected chi connectivity index (χ3v) is 5.58. The van der Waals surface area contributed by atoms with E-state index in [1.807, 2.05) is 0 Å². The first-order chi connectivity index (χ1) is 9.36. The number of morpholine rings is 1. The topological polar surface area (TPSA) is 92.9 Å². The van der Waals surface area contributed by atoms with Crippen molar-refractivity contribution < 1.29 is 18.3 Å². The Morgan fingerprint density at radius 2 is 2.20 bits per heavy atom. The van der Waals surface area contributed by atoms with Crippen molar-refractivity contribution in [2.24, 2.45) is 0 Å². The minimum Gasteiger partial charge on any atom is -0.399 e. The molecule has 112 valence electrons. The van der Waals surface area contributed by atoms with Crippen LogP contribution in [0.3, 0.4) is 0 Å². The number of nitrogen functional groups attached to an aromatic ring is 1. The zero-order valence-electron chi connectivity index (χ0n) is 11.6. The first-order valence-corrected chi connectivity index (χ1v) is 7.90. The number of aliphatic hydroxyl groups is 1. The van der Waals surface area contributed by atoms with E-state index in [2.05, 4.69) is 0 Å². The van der Waals surface area contributed by atoms with E-state index in [1.165, 1.54) is 10.4 Å². The van der Waals surface area contributed by atoms with Crippen LogP contribution in [0.5, 0.6) is 0 Å². The summed E-state index contributed by atoms with van der Waals surface area (Å²) in [5, 5.41) is 9.16. The van der Waals surface area contributed by atoms with E-state index in [4.69, 9.17) is 15.6 Å². The van der Waals surface area contributed by atoms with Gasteiger partial charge in [-0.3, -0.25) is 0 Å². The lowest BCUT2D eigenvalue weighted by Gasteiger charge is -2.36. The molecule has 0 saturated carbocycles. The van der Waals surface area contributed by atoms with E-state index < -0.39 is 16.1 Å². The maximum Gasteiger partial charge on any atom is 0.243 e. The summed E-state index contributed by atoms with van der Waals surface area (Å²) in [5.74, 6) is 0. The molecule has 6 nitrogen and oxygen atoms in total. The molecule has 1 aromatic rings. The van der Waals surface area contributed by atoms with Crippen LogP contribution < -0.4 is 5.73 Å². The number of hydrogen-bond acceptors (Lipinski definition) is 5. The second kappa shape index (κ2) is 5.69. The van der Waals surface area contributed by atoms with Gasteiger partial charge >= 0.3 is 0 Å². The molecule has 3 N–H and O–H groups in total. The average molecular weight is 300 g/mol.